The van der Waals surface area contributed by atoms with Crippen LogP contribution in [0.2, 0.25) is 0 Å². The largest absolute Gasteiger partial charge is 0.496 e. The molecule has 140 valence electrons. The summed E-state index contributed by atoms with van der Waals surface area (Å²) < 4.78 is 10.5. The maximum absolute atomic E-state index is 12.6. The number of hydrogen-bond donors (Lipinski definition) is 0. The third-order valence-corrected chi connectivity index (χ3v) is 3.73. The van der Waals surface area contributed by atoms with Gasteiger partial charge in [0.2, 0.25) is 0 Å². The smallest absolute Gasteiger partial charge is 0.283 e. The van der Waals surface area contributed by atoms with Crippen molar-refractivity contribution in [3.05, 3.63) is 73.3 Å². The Labute approximate surface area is 154 Å². The first-order valence-corrected chi connectivity index (χ1v) is 7.66. The average Bonchev–Trinajstić information content (AvgIpc) is 2.64. The van der Waals surface area contributed by atoms with Gasteiger partial charge in [0.1, 0.15) is 17.1 Å². The number of ether oxygens (including phenoxy) is 2. The first kappa shape index (κ1) is 19.6. The van der Waals surface area contributed by atoms with Crippen molar-refractivity contribution in [2.45, 2.75) is 6.92 Å². The Morgan fingerprint density at radius 3 is 2.07 bits per heavy atom. The highest BCUT2D eigenvalue weighted by Crippen LogP contribution is 2.32. The summed E-state index contributed by atoms with van der Waals surface area (Å²) in [5, 5.41) is 22.0. The Morgan fingerprint density at radius 2 is 1.59 bits per heavy atom. The molecule has 2 rings (SSSR count). The van der Waals surface area contributed by atoms with Crippen molar-refractivity contribution in [1.82, 2.24) is 0 Å². The fraction of sp³-hybridized carbons (Fsp3) is 0.167. The van der Waals surface area contributed by atoms with Crippen molar-refractivity contribution in [2.75, 3.05) is 14.2 Å². The summed E-state index contributed by atoms with van der Waals surface area (Å²) in [4.78, 5) is 33.1. The average molecular weight is 372 g/mol. The minimum atomic E-state index is -0.746. The van der Waals surface area contributed by atoms with E-state index >= 15 is 0 Å². The first-order chi connectivity index (χ1) is 12.8. The lowest BCUT2D eigenvalue weighted by atomic mass is 10.0. The van der Waals surface area contributed by atoms with Gasteiger partial charge in [0.25, 0.3) is 11.4 Å². The second kappa shape index (κ2) is 8.09. The molecule has 0 spiro atoms. The number of ketones is 1. The first-order valence-electron chi connectivity index (χ1n) is 7.66. The standard InChI is InChI=1S/C18H16N2O7/c1-11-8-16(26-2)18(17(9-11)27-3)15(21)7-5-12-4-6-13(19(22)23)10-14(12)20(24)25/h4-10H,1-3H3/b7-5+. The zero-order chi connectivity index (χ0) is 20.1. The molecule has 27 heavy (non-hydrogen) atoms. The summed E-state index contributed by atoms with van der Waals surface area (Å²) in [5.41, 5.74) is 0.175. The van der Waals surface area contributed by atoms with E-state index < -0.39 is 27.0 Å². The fourth-order valence-electron chi connectivity index (χ4n) is 2.48. The van der Waals surface area contributed by atoms with Crippen LogP contribution in [-0.2, 0) is 0 Å². The van der Waals surface area contributed by atoms with Gasteiger partial charge in [-0.1, -0.05) is 0 Å². The third-order valence-electron chi connectivity index (χ3n) is 3.73. The Bertz CT molecular complexity index is 926. The molecule has 0 aliphatic carbocycles. The molecule has 9 nitrogen and oxygen atoms in total. The zero-order valence-electron chi connectivity index (χ0n) is 14.8. The van der Waals surface area contributed by atoms with E-state index in [-0.39, 0.29) is 11.1 Å². The van der Waals surface area contributed by atoms with Gasteiger partial charge in [-0.15, -0.1) is 0 Å². The molecule has 2 aromatic carbocycles. The van der Waals surface area contributed by atoms with Crippen LogP contribution in [0.15, 0.2) is 36.4 Å². The molecule has 2 aromatic rings. The molecule has 0 atom stereocenters. The van der Waals surface area contributed by atoms with Gasteiger partial charge in [-0.05, 0) is 42.8 Å². The highest BCUT2D eigenvalue weighted by Gasteiger charge is 2.20. The van der Waals surface area contributed by atoms with Gasteiger partial charge >= 0.3 is 0 Å². The van der Waals surface area contributed by atoms with Gasteiger partial charge in [-0.2, -0.15) is 0 Å². The molecule has 0 saturated carbocycles. The van der Waals surface area contributed by atoms with E-state index in [0.717, 1.165) is 23.8 Å². The number of nitro benzene ring substituents is 2. The van der Waals surface area contributed by atoms with Crippen molar-refractivity contribution in [1.29, 1.82) is 0 Å². The van der Waals surface area contributed by atoms with Crippen LogP contribution in [0.1, 0.15) is 21.5 Å². The molecule has 0 bridgehead atoms. The maximum atomic E-state index is 12.6. The molecular weight excluding hydrogens is 356 g/mol. The topological polar surface area (TPSA) is 122 Å². The van der Waals surface area contributed by atoms with Gasteiger partial charge in [0.15, 0.2) is 5.78 Å². The van der Waals surface area contributed by atoms with Crippen LogP contribution in [0.25, 0.3) is 6.08 Å². The molecule has 0 fully saturated rings. The number of hydrogen-bond acceptors (Lipinski definition) is 7. The van der Waals surface area contributed by atoms with Crippen LogP contribution in [0.5, 0.6) is 11.5 Å². The molecule has 0 saturated heterocycles. The van der Waals surface area contributed by atoms with Crippen molar-refractivity contribution in [3.8, 4) is 11.5 Å². The fourth-order valence-corrected chi connectivity index (χ4v) is 2.48. The Morgan fingerprint density at radius 1 is 1.00 bits per heavy atom. The van der Waals surface area contributed by atoms with Crippen LogP contribution >= 0.6 is 0 Å². The highest BCUT2D eigenvalue weighted by molar-refractivity contribution is 6.10. The molecule has 0 radical (unpaired) electrons. The second-order valence-electron chi connectivity index (χ2n) is 5.50. The van der Waals surface area contributed by atoms with E-state index in [0.29, 0.717) is 11.5 Å². The van der Waals surface area contributed by atoms with E-state index in [1.54, 1.807) is 12.1 Å². The van der Waals surface area contributed by atoms with Gasteiger partial charge in [-0.25, -0.2) is 0 Å². The molecule has 9 heteroatoms. The number of carbonyl (C=O) groups excluding carboxylic acids is 1. The number of nitrogens with zero attached hydrogens (tertiary/aromatic N) is 2. The number of allylic oxidation sites excluding steroid dienone is 1. The normalized spacial score (nSPS) is 10.6. The van der Waals surface area contributed by atoms with Gasteiger partial charge in [-0.3, -0.25) is 25.0 Å². The van der Waals surface area contributed by atoms with Crippen LogP contribution in [0.4, 0.5) is 11.4 Å². The number of nitro groups is 2. The number of aryl methyl sites for hydroxylation is 1. The highest BCUT2D eigenvalue weighted by atomic mass is 16.6. The lowest BCUT2D eigenvalue weighted by molar-refractivity contribution is -0.394. The number of carbonyl (C=O) groups is 1. The van der Waals surface area contributed by atoms with Gasteiger partial charge in [0, 0.05) is 6.07 Å². The minimum Gasteiger partial charge on any atom is -0.496 e. The molecule has 0 amide bonds. The quantitative estimate of drug-likeness (QED) is 0.314. The summed E-state index contributed by atoms with van der Waals surface area (Å²) in [5.74, 6) is 0.121. The number of non-ortho nitro benzene ring substituents is 1. The summed E-state index contributed by atoms with van der Waals surface area (Å²) in [7, 11) is 2.83. The lowest BCUT2D eigenvalue weighted by Crippen LogP contribution is -2.03. The SMILES string of the molecule is COc1cc(C)cc(OC)c1C(=O)/C=C/c1ccc([N+](=O)[O-])cc1[N+](=O)[O-]. The Balaban J connectivity index is 2.46. The molecular formula is C18H16N2O7. The molecule has 0 unspecified atom stereocenters. The monoisotopic (exact) mass is 372 g/mol. The predicted octanol–water partition coefficient (Wildman–Crippen LogP) is 3.72. The molecule has 0 aromatic heterocycles. The van der Waals surface area contributed by atoms with Crippen molar-refractivity contribution in [2.24, 2.45) is 0 Å². The number of methoxy groups -OCH3 is 2. The van der Waals surface area contributed by atoms with E-state index in [1.807, 2.05) is 6.92 Å². The van der Waals surface area contributed by atoms with Gasteiger partial charge in [0.05, 0.1) is 35.7 Å². The summed E-state index contributed by atoms with van der Waals surface area (Å²) in [6, 6.07) is 6.51. The minimum absolute atomic E-state index is 0.0593. The maximum Gasteiger partial charge on any atom is 0.283 e. The van der Waals surface area contributed by atoms with Gasteiger partial charge < -0.3 is 9.47 Å². The van der Waals surface area contributed by atoms with Crippen LogP contribution in [0, 0.1) is 27.2 Å². The lowest BCUT2D eigenvalue weighted by Gasteiger charge is -2.12. The molecule has 0 aliphatic heterocycles. The molecule has 0 N–H and O–H groups in total. The Kier molecular flexibility index (Phi) is 5.86. The third kappa shape index (κ3) is 4.27. The summed E-state index contributed by atoms with van der Waals surface area (Å²) >= 11 is 0. The van der Waals surface area contributed by atoms with Crippen LogP contribution in [0.3, 0.4) is 0 Å². The van der Waals surface area contributed by atoms with Crippen LogP contribution in [-0.4, -0.2) is 29.8 Å². The van der Waals surface area contributed by atoms with Crippen molar-refractivity contribution in [3.63, 3.8) is 0 Å². The van der Waals surface area contributed by atoms with Crippen molar-refractivity contribution >= 4 is 23.2 Å². The van der Waals surface area contributed by atoms with Crippen molar-refractivity contribution < 1.29 is 24.1 Å². The molecule has 0 heterocycles. The predicted molar refractivity (Wildman–Crippen MR) is 97.4 cm³/mol. The summed E-state index contributed by atoms with van der Waals surface area (Å²) in [6.07, 6.45) is 2.35. The number of rotatable bonds is 7. The van der Waals surface area contributed by atoms with E-state index in [2.05, 4.69) is 0 Å². The summed E-state index contributed by atoms with van der Waals surface area (Å²) in [6.45, 7) is 1.81. The number of benzene rings is 2. The molecule has 0 aliphatic rings. The second-order valence-corrected chi connectivity index (χ2v) is 5.50. The van der Waals surface area contributed by atoms with E-state index in [9.17, 15) is 25.0 Å². The van der Waals surface area contributed by atoms with Crippen LogP contribution < -0.4 is 9.47 Å². The van der Waals surface area contributed by atoms with E-state index in [1.165, 1.54) is 26.4 Å². The zero-order valence-corrected chi connectivity index (χ0v) is 14.8. The van der Waals surface area contributed by atoms with E-state index in [4.69, 9.17) is 9.47 Å². The Hall–Kier alpha value is -3.75.